The van der Waals surface area contributed by atoms with Crippen LogP contribution in [0.15, 0.2) is 36.5 Å². The Morgan fingerprint density at radius 1 is 1.38 bits per heavy atom. The van der Waals surface area contributed by atoms with Crippen molar-refractivity contribution in [3.05, 3.63) is 53.6 Å². The van der Waals surface area contributed by atoms with Crippen molar-refractivity contribution in [3.8, 4) is 0 Å². The summed E-state index contributed by atoms with van der Waals surface area (Å²) < 4.78 is 0. The molecule has 2 aromatic rings. The fourth-order valence-electron chi connectivity index (χ4n) is 2.01. The van der Waals surface area contributed by atoms with Gasteiger partial charge in [-0.25, -0.2) is 0 Å². The van der Waals surface area contributed by atoms with Gasteiger partial charge in [0.1, 0.15) is 5.69 Å². The monoisotopic (exact) mass is 285 g/mol. The molecule has 0 spiro atoms. The fourth-order valence-corrected chi connectivity index (χ4v) is 2.01. The normalized spacial score (nSPS) is 10.2. The van der Waals surface area contributed by atoms with Crippen LogP contribution < -0.4 is 11.3 Å². The van der Waals surface area contributed by atoms with Gasteiger partial charge in [0, 0.05) is 18.4 Å². The van der Waals surface area contributed by atoms with Crippen molar-refractivity contribution in [2.75, 3.05) is 12.0 Å². The van der Waals surface area contributed by atoms with E-state index < -0.39 is 0 Å². The van der Waals surface area contributed by atoms with Crippen LogP contribution in [0.3, 0.4) is 0 Å². The van der Waals surface area contributed by atoms with Gasteiger partial charge in [0.15, 0.2) is 0 Å². The minimum absolute atomic E-state index is 0.141. The summed E-state index contributed by atoms with van der Waals surface area (Å²) in [6.07, 6.45) is 1.56. The molecule has 21 heavy (non-hydrogen) atoms. The third-order valence-electron chi connectivity index (χ3n) is 3.11. The minimum atomic E-state index is -0.141. The number of anilines is 1. The van der Waals surface area contributed by atoms with Crippen LogP contribution in [-0.2, 0) is 6.54 Å². The molecule has 0 fully saturated rings. The van der Waals surface area contributed by atoms with E-state index in [0.717, 1.165) is 11.4 Å². The molecule has 0 saturated heterocycles. The highest BCUT2D eigenvalue weighted by Gasteiger charge is 2.16. The van der Waals surface area contributed by atoms with E-state index >= 15 is 0 Å². The number of aromatic nitrogens is 2. The van der Waals surface area contributed by atoms with Gasteiger partial charge in [0.05, 0.1) is 17.9 Å². The summed E-state index contributed by atoms with van der Waals surface area (Å²) in [5, 5.41) is 0. The molecule has 1 amide bonds. The Bertz CT molecular complexity index is 629. The molecular formula is C15H19N5O. The molecule has 0 saturated carbocycles. The van der Waals surface area contributed by atoms with E-state index in [4.69, 9.17) is 5.84 Å². The van der Waals surface area contributed by atoms with Crippen molar-refractivity contribution in [1.82, 2.24) is 14.9 Å². The van der Waals surface area contributed by atoms with E-state index in [1.54, 1.807) is 23.2 Å². The molecule has 110 valence electrons. The van der Waals surface area contributed by atoms with Crippen LogP contribution in [0.2, 0.25) is 0 Å². The van der Waals surface area contributed by atoms with Gasteiger partial charge in [-0.05, 0) is 38.1 Å². The predicted octanol–water partition coefficient (Wildman–Crippen LogP) is 1.73. The van der Waals surface area contributed by atoms with Gasteiger partial charge < -0.3 is 10.3 Å². The van der Waals surface area contributed by atoms with Crippen LogP contribution in [0.5, 0.6) is 0 Å². The number of nitrogens with one attached hydrogen (secondary N) is 1. The number of hydrogen-bond donors (Lipinski definition) is 2. The highest BCUT2D eigenvalue weighted by atomic mass is 16.2. The summed E-state index contributed by atoms with van der Waals surface area (Å²) in [5.41, 5.74) is 5.32. The van der Waals surface area contributed by atoms with E-state index in [-0.39, 0.29) is 5.91 Å². The maximum absolute atomic E-state index is 12.5. The Kier molecular flexibility index (Phi) is 4.84. The van der Waals surface area contributed by atoms with Crippen LogP contribution in [0.25, 0.3) is 0 Å². The van der Waals surface area contributed by atoms with Gasteiger partial charge in [0.2, 0.25) is 0 Å². The van der Waals surface area contributed by atoms with E-state index in [0.29, 0.717) is 24.5 Å². The first-order valence-electron chi connectivity index (χ1n) is 6.78. The number of nitrogens with two attached hydrogens (primary N) is 1. The fraction of sp³-hybridized carbons (Fsp3) is 0.267. The lowest BCUT2D eigenvalue weighted by Gasteiger charge is -2.20. The zero-order chi connectivity index (χ0) is 15.2. The number of rotatable bonds is 5. The first-order chi connectivity index (χ1) is 10.1. The van der Waals surface area contributed by atoms with E-state index in [9.17, 15) is 4.79 Å². The Balaban J connectivity index is 2.18. The molecule has 2 heterocycles. The Hall–Kier alpha value is -2.47. The molecule has 0 radical (unpaired) electrons. The van der Waals surface area contributed by atoms with Gasteiger partial charge in [-0.2, -0.15) is 0 Å². The van der Waals surface area contributed by atoms with Crippen LogP contribution >= 0.6 is 0 Å². The quantitative estimate of drug-likeness (QED) is 0.645. The molecule has 2 aromatic heterocycles. The van der Waals surface area contributed by atoms with Crippen molar-refractivity contribution in [1.29, 1.82) is 0 Å². The first-order valence-corrected chi connectivity index (χ1v) is 6.78. The van der Waals surface area contributed by atoms with E-state index in [1.165, 1.54) is 0 Å². The Morgan fingerprint density at radius 3 is 2.86 bits per heavy atom. The zero-order valence-electron chi connectivity index (χ0n) is 12.2. The SMILES string of the molecule is CCN(Cc1cccc(C)n1)C(=O)c1cc(NN)ccn1. The second-order valence-corrected chi connectivity index (χ2v) is 4.66. The van der Waals surface area contributed by atoms with Crippen LogP contribution in [-0.4, -0.2) is 27.3 Å². The van der Waals surface area contributed by atoms with Gasteiger partial charge in [0.25, 0.3) is 5.91 Å². The van der Waals surface area contributed by atoms with Crippen molar-refractivity contribution < 1.29 is 4.79 Å². The van der Waals surface area contributed by atoms with Crippen LogP contribution in [0, 0.1) is 6.92 Å². The third kappa shape index (κ3) is 3.76. The van der Waals surface area contributed by atoms with Crippen molar-refractivity contribution in [3.63, 3.8) is 0 Å². The highest BCUT2D eigenvalue weighted by Crippen LogP contribution is 2.11. The summed E-state index contributed by atoms with van der Waals surface area (Å²) in [6.45, 7) is 4.90. The summed E-state index contributed by atoms with van der Waals surface area (Å²) in [6, 6.07) is 9.12. The van der Waals surface area contributed by atoms with Crippen molar-refractivity contribution in [2.45, 2.75) is 20.4 Å². The molecule has 0 atom stereocenters. The van der Waals surface area contributed by atoms with E-state index in [2.05, 4.69) is 15.4 Å². The summed E-state index contributed by atoms with van der Waals surface area (Å²) in [4.78, 5) is 22.7. The number of carbonyl (C=O) groups excluding carboxylic acids is 1. The minimum Gasteiger partial charge on any atom is -0.332 e. The topological polar surface area (TPSA) is 84.1 Å². The molecule has 6 nitrogen and oxygen atoms in total. The summed E-state index contributed by atoms with van der Waals surface area (Å²) in [5.74, 6) is 5.21. The standard InChI is InChI=1S/C15H19N5O/c1-3-20(10-13-6-4-5-11(2)18-13)15(21)14-9-12(19-16)7-8-17-14/h4-9H,3,10,16H2,1-2H3,(H,17,19). The smallest absolute Gasteiger partial charge is 0.272 e. The number of nitrogens with zero attached hydrogens (tertiary/aromatic N) is 3. The average Bonchev–Trinajstić information content (AvgIpc) is 2.52. The maximum Gasteiger partial charge on any atom is 0.272 e. The highest BCUT2D eigenvalue weighted by molar-refractivity contribution is 5.93. The molecule has 0 aromatic carbocycles. The lowest BCUT2D eigenvalue weighted by Crippen LogP contribution is -2.31. The van der Waals surface area contributed by atoms with Crippen molar-refractivity contribution >= 4 is 11.6 Å². The first kappa shape index (κ1) is 14.9. The number of pyridine rings is 2. The molecule has 0 aliphatic carbocycles. The average molecular weight is 285 g/mol. The number of amides is 1. The van der Waals surface area contributed by atoms with Gasteiger partial charge >= 0.3 is 0 Å². The largest absolute Gasteiger partial charge is 0.332 e. The zero-order valence-corrected chi connectivity index (χ0v) is 12.2. The predicted molar refractivity (Wildman–Crippen MR) is 81.4 cm³/mol. The molecule has 6 heteroatoms. The number of hydrazine groups is 1. The number of aryl methyl sites for hydroxylation is 1. The van der Waals surface area contributed by atoms with E-state index in [1.807, 2.05) is 32.0 Å². The summed E-state index contributed by atoms with van der Waals surface area (Å²) >= 11 is 0. The maximum atomic E-state index is 12.5. The molecule has 2 rings (SSSR count). The second kappa shape index (κ2) is 6.81. The molecule has 3 N–H and O–H groups in total. The molecule has 0 unspecified atom stereocenters. The molecule has 0 aliphatic rings. The number of carbonyl (C=O) groups is 1. The van der Waals surface area contributed by atoms with Crippen LogP contribution in [0.4, 0.5) is 5.69 Å². The number of nitrogen functional groups attached to an aromatic ring is 1. The summed E-state index contributed by atoms with van der Waals surface area (Å²) in [7, 11) is 0. The Morgan fingerprint density at radius 2 is 2.19 bits per heavy atom. The second-order valence-electron chi connectivity index (χ2n) is 4.66. The Labute approximate surface area is 124 Å². The third-order valence-corrected chi connectivity index (χ3v) is 3.11. The van der Waals surface area contributed by atoms with Gasteiger partial charge in [-0.3, -0.25) is 20.6 Å². The molecular weight excluding hydrogens is 266 g/mol. The lowest BCUT2D eigenvalue weighted by molar-refractivity contribution is 0.0744. The van der Waals surface area contributed by atoms with Crippen LogP contribution in [0.1, 0.15) is 28.8 Å². The number of hydrogen-bond acceptors (Lipinski definition) is 5. The van der Waals surface area contributed by atoms with Gasteiger partial charge in [-0.15, -0.1) is 0 Å². The molecule has 0 bridgehead atoms. The molecule has 0 aliphatic heterocycles. The lowest BCUT2D eigenvalue weighted by atomic mass is 10.2. The van der Waals surface area contributed by atoms with Gasteiger partial charge in [-0.1, -0.05) is 6.07 Å². The van der Waals surface area contributed by atoms with Crippen molar-refractivity contribution in [2.24, 2.45) is 5.84 Å².